The van der Waals surface area contributed by atoms with Gasteiger partial charge in [0.2, 0.25) is 0 Å². The van der Waals surface area contributed by atoms with Crippen LogP contribution in [0.2, 0.25) is 0 Å². The molecule has 0 radical (unpaired) electrons. The quantitative estimate of drug-likeness (QED) is 0.160. The molecule has 2 rings (SSSR count). The average molecular weight is 549 g/mol. The molecule has 1 atom stereocenters. The van der Waals surface area contributed by atoms with Crippen molar-refractivity contribution in [3.05, 3.63) is 29.3 Å². The number of halogens is 1. The third-order valence-corrected chi connectivity index (χ3v) is 4.75. The van der Waals surface area contributed by atoms with Gasteiger partial charge in [-0.05, 0) is 51.7 Å². The van der Waals surface area contributed by atoms with E-state index in [4.69, 9.17) is 23.9 Å². The van der Waals surface area contributed by atoms with Crippen molar-refractivity contribution in [3.8, 4) is 5.75 Å². The number of ether oxygens (including phenoxy) is 4. The van der Waals surface area contributed by atoms with Gasteiger partial charge in [-0.3, -0.25) is 0 Å². The summed E-state index contributed by atoms with van der Waals surface area (Å²) in [4.78, 5) is 4.72. The van der Waals surface area contributed by atoms with Crippen LogP contribution in [0.4, 0.5) is 0 Å². The fraction of sp³-hybridized carbons (Fsp3) is 0.696. The summed E-state index contributed by atoms with van der Waals surface area (Å²) in [6.45, 7) is 12.4. The average Bonchev–Trinajstić information content (AvgIpc) is 3.26. The number of nitrogens with one attached hydrogen (secondary N) is 2. The predicted molar refractivity (Wildman–Crippen MR) is 136 cm³/mol. The highest BCUT2D eigenvalue weighted by Gasteiger charge is 2.14. The molecule has 8 heteroatoms. The van der Waals surface area contributed by atoms with E-state index in [9.17, 15) is 0 Å². The molecule has 0 amide bonds. The first-order valence-electron chi connectivity index (χ1n) is 11.2. The zero-order chi connectivity index (χ0) is 21.4. The highest BCUT2D eigenvalue weighted by atomic mass is 127. The minimum Gasteiger partial charge on any atom is -0.491 e. The van der Waals surface area contributed by atoms with Crippen LogP contribution >= 0.6 is 24.0 Å². The Balaban J connectivity index is 0.00000480. The Hall–Kier alpha value is -1.10. The predicted octanol–water partition coefficient (Wildman–Crippen LogP) is 3.67. The summed E-state index contributed by atoms with van der Waals surface area (Å²) in [5, 5.41) is 6.67. The van der Waals surface area contributed by atoms with E-state index in [2.05, 4.69) is 42.7 Å². The van der Waals surface area contributed by atoms with Crippen LogP contribution in [0.25, 0.3) is 0 Å². The van der Waals surface area contributed by atoms with Crippen LogP contribution in [0.1, 0.15) is 44.2 Å². The van der Waals surface area contributed by atoms with E-state index in [0.29, 0.717) is 33.0 Å². The summed E-state index contributed by atoms with van der Waals surface area (Å²) in [6.07, 6.45) is 3.48. The molecular formula is C23H40IN3O4. The lowest BCUT2D eigenvalue weighted by molar-refractivity contribution is 0.0168. The second-order valence-electron chi connectivity index (χ2n) is 7.34. The maximum absolute atomic E-state index is 5.92. The minimum atomic E-state index is 0. The first kappa shape index (κ1) is 27.9. The normalized spacial score (nSPS) is 16.1. The fourth-order valence-electron chi connectivity index (χ4n) is 3.16. The van der Waals surface area contributed by atoms with E-state index in [1.54, 1.807) is 0 Å². The van der Waals surface area contributed by atoms with Crippen molar-refractivity contribution in [2.75, 3.05) is 52.7 Å². The maximum Gasteiger partial charge on any atom is 0.191 e. The largest absolute Gasteiger partial charge is 0.491 e. The second kappa shape index (κ2) is 17.5. The maximum atomic E-state index is 5.92. The van der Waals surface area contributed by atoms with Crippen LogP contribution < -0.4 is 15.4 Å². The molecule has 0 spiro atoms. The van der Waals surface area contributed by atoms with Gasteiger partial charge >= 0.3 is 0 Å². The standard InChI is InChI=1S/C23H39N3O4.HI/c1-4-24-23(25-11-7-12-28-18-21-8-6-13-29-21)26-17-20-10-9-19(3)16-22(20)30-15-14-27-5-2;/h9-10,16,21H,4-8,11-15,17-18H2,1-3H3,(H2,24,25,26);1H. The third-order valence-electron chi connectivity index (χ3n) is 4.75. The molecule has 1 aromatic rings. The summed E-state index contributed by atoms with van der Waals surface area (Å²) >= 11 is 0. The summed E-state index contributed by atoms with van der Waals surface area (Å²) in [7, 11) is 0. The summed E-state index contributed by atoms with van der Waals surface area (Å²) in [6, 6.07) is 6.23. The molecule has 1 fully saturated rings. The summed E-state index contributed by atoms with van der Waals surface area (Å²) in [5.41, 5.74) is 2.23. The highest BCUT2D eigenvalue weighted by Crippen LogP contribution is 2.21. The second-order valence-corrected chi connectivity index (χ2v) is 7.34. The lowest BCUT2D eigenvalue weighted by atomic mass is 10.1. The Labute approximate surface area is 204 Å². The topological polar surface area (TPSA) is 73.3 Å². The van der Waals surface area contributed by atoms with Crippen LogP contribution in [-0.2, 0) is 20.8 Å². The molecule has 1 aliphatic rings. The van der Waals surface area contributed by atoms with Crippen molar-refractivity contribution in [3.63, 3.8) is 0 Å². The van der Waals surface area contributed by atoms with Crippen LogP contribution in [0, 0.1) is 6.92 Å². The van der Waals surface area contributed by atoms with Gasteiger partial charge in [-0.15, -0.1) is 24.0 Å². The van der Waals surface area contributed by atoms with E-state index in [0.717, 1.165) is 62.8 Å². The molecule has 2 N–H and O–H groups in total. The van der Waals surface area contributed by atoms with E-state index >= 15 is 0 Å². The van der Waals surface area contributed by atoms with Crippen molar-refractivity contribution in [2.24, 2.45) is 4.99 Å². The number of aliphatic imine (C=N–C) groups is 1. The number of nitrogens with zero attached hydrogens (tertiary/aromatic N) is 1. The molecule has 31 heavy (non-hydrogen) atoms. The van der Waals surface area contributed by atoms with Crippen molar-refractivity contribution < 1.29 is 18.9 Å². The number of hydrogen-bond acceptors (Lipinski definition) is 5. The van der Waals surface area contributed by atoms with Crippen LogP contribution in [0.5, 0.6) is 5.75 Å². The molecule has 1 heterocycles. The first-order valence-corrected chi connectivity index (χ1v) is 11.2. The molecule has 0 bridgehead atoms. The number of rotatable bonds is 14. The van der Waals surface area contributed by atoms with Gasteiger partial charge in [-0.2, -0.15) is 0 Å². The Morgan fingerprint density at radius 1 is 1.16 bits per heavy atom. The number of hydrogen-bond donors (Lipinski definition) is 2. The van der Waals surface area contributed by atoms with Crippen LogP contribution in [0.3, 0.4) is 0 Å². The minimum absolute atomic E-state index is 0. The molecular weight excluding hydrogens is 509 g/mol. The van der Waals surface area contributed by atoms with E-state index in [1.165, 1.54) is 5.56 Å². The smallest absolute Gasteiger partial charge is 0.191 e. The monoisotopic (exact) mass is 549 g/mol. The fourth-order valence-corrected chi connectivity index (χ4v) is 3.16. The Morgan fingerprint density at radius 2 is 2.03 bits per heavy atom. The van der Waals surface area contributed by atoms with E-state index < -0.39 is 0 Å². The molecule has 0 saturated carbocycles. The number of aryl methyl sites for hydroxylation is 1. The zero-order valence-corrected chi connectivity index (χ0v) is 21.6. The molecule has 0 aromatic heterocycles. The molecule has 1 saturated heterocycles. The van der Waals surface area contributed by atoms with Gasteiger partial charge in [0.05, 0.1) is 25.9 Å². The lowest BCUT2D eigenvalue weighted by Crippen LogP contribution is -2.38. The van der Waals surface area contributed by atoms with Crippen molar-refractivity contribution in [1.29, 1.82) is 0 Å². The zero-order valence-electron chi connectivity index (χ0n) is 19.3. The first-order chi connectivity index (χ1) is 14.7. The van der Waals surface area contributed by atoms with Gasteiger partial charge in [0.15, 0.2) is 5.96 Å². The Morgan fingerprint density at radius 3 is 2.77 bits per heavy atom. The Bertz CT molecular complexity index is 625. The highest BCUT2D eigenvalue weighted by molar-refractivity contribution is 14.0. The van der Waals surface area contributed by atoms with Crippen molar-refractivity contribution in [1.82, 2.24) is 10.6 Å². The molecule has 178 valence electrons. The SMILES string of the molecule is CCNC(=NCc1ccc(C)cc1OCCOCC)NCCCOCC1CCCO1.I. The van der Waals surface area contributed by atoms with Crippen LogP contribution in [-0.4, -0.2) is 64.8 Å². The molecule has 1 aliphatic heterocycles. The van der Waals surface area contributed by atoms with Gasteiger partial charge in [0.25, 0.3) is 0 Å². The van der Waals surface area contributed by atoms with Crippen LogP contribution in [0.15, 0.2) is 23.2 Å². The van der Waals surface area contributed by atoms with Gasteiger partial charge in [-0.25, -0.2) is 4.99 Å². The summed E-state index contributed by atoms with van der Waals surface area (Å²) in [5.74, 6) is 1.68. The van der Waals surface area contributed by atoms with Gasteiger partial charge < -0.3 is 29.6 Å². The van der Waals surface area contributed by atoms with Gasteiger partial charge in [0.1, 0.15) is 12.4 Å². The lowest BCUT2D eigenvalue weighted by Gasteiger charge is -2.14. The van der Waals surface area contributed by atoms with E-state index in [1.807, 2.05) is 6.92 Å². The van der Waals surface area contributed by atoms with Gasteiger partial charge in [-0.1, -0.05) is 12.1 Å². The van der Waals surface area contributed by atoms with Crippen molar-refractivity contribution >= 4 is 29.9 Å². The van der Waals surface area contributed by atoms with Gasteiger partial charge in [0, 0.05) is 38.5 Å². The molecule has 0 aliphatic carbocycles. The van der Waals surface area contributed by atoms with E-state index in [-0.39, 0.29) is 30.1 Å². The van der Waals surface area contributed by atoms with Crippen molar-refractivity contribution in [2.45, 2.75) is 52.7 Å². The number of guanidine groups is 1. The molecule has 1 aromatic carbocycles. The Kier molecular flexibility index (Phi) is 15.7. The molecule has 1 unspecified atom stereocenters. The third kappa shape index (κ3) is 11.9. The number of benzene rings is 1. The summed E-state index contributed by atoms with van der Waals surface area (Å²) < 4.78 is 22.6. The molecule has 7 nitrogen and oxygen atoms in total.